The van der Waals surface area contributed by atoms with Crippen LogP contribution in [0, 0.1) is 5.41 Å². The van der Waals surface area contributed by atoms with Crippen LogP contribution in [0.25, 0.3) is 16.7 Å². The number of pyridine rings is 1. The molecule has 4 N–H and O–H groups in total. The zero-order chi connectivity index (χ0) is 15.9. The summed E-state index contributed by atoms with van der Waals surface area (Å²) in [6.45, 7) is 6.46. The quantitative estimate of drug-likeness (QED) is 0.757. The van der Waals surface area contributed by atoms with Gasteiger partial charge in [0.05, 0.1) is 5.52 Å². The molecule has 0 aromatic carbocycles. The number of nitrogens with zero attached hydrogens (tertiary/aromatic N) is 4. The van der Waals surface area contributed by atoms with E-state index in [0.29, 0.717) is 5.82 Å². The molecule has 6 heteroatoms. The lowest BCUT2D eigenvalue weighted by Gasteiger charge is -2.21. The van der Waals surface area contributed by atoms with E-state index in [-0.39, 0.29) is 11.4 Å². The van der Waals surface area contributed by atoms with Crippen molar-refractivity contribution in [2.45, 2.75) is 27.2 Å². The molecule has 3 rings (SSSR count). The molecule has 22 heavy (non-hydrogen) atoms. The molecule has 3 aromatic rings. The Morgan fingerprint density at radius 2 is 1.91 bits per heavy atom. The molecule has 0 aliphatic heterocycles. The van der Waals surface area contributed by atoms with Gasteiger partial charge in [-0.3, -0.25) is 4.98 Å². The zero-order valence-corrected chi connectivity index (χ0v) is 13.0. The predicted molar refractivity (Wildman–Crippen MR) is 88.6 cm³/mol. The normalized spacial score (nSPS) is 12.0. The van der Waals surface area contributed by atoms with E-state index in [0.717, 1.165) is 28.7 Å². The first-order valence-electron chi connectivity index (χ1n) is 7.18. The maximum absolute atomic E-state index is 6.10. The molecule has 0 radical (unpaired) electrons. The van der Waals surface area contributed by atoms with Crippen molar-refractivity contribution in [3.8, 4) is 5.82 Å². The average Bonchev–Trinajstić information content (AvgIpc) is 2.84. The van der Waals surface area contributed by atoms with Crippen LogP contribution in [0.5, 0.6) is 0 Å². The summed E-state index contributed by atoms with van der Waals surface area (Å²) in [5, 5.41) is 1.04. The van der Waals surface area contributed by atoms with Crippen LogP contribution in [0.15, 0.2) is 30.7 Å². The van der Waals surface area contributed by atoms with E-state index in [2.05, 4.69) is 35.7 Å². The van der Waals surface area contributed by atoms with Gasteiger partial charge >= 0.3 is 0 Å². The van der Waals surface area contributed by atoms with E-state index in [9.17, 15) is 0 Å². The van der Waals surface area contributed by atoms with Gasteiger partial charge in [0, 0.05) is 29.5 Å². The summed E-state index contributed by atoms with van der Waals surface area (Å²) in [6, 6.07) is 3.92. The number of anilines is 2. The third-order valence-electron chi connectivity index (χ3n) is 3.40. The minimum Gasteiger partial charge on any atom is -0.383 e. The molecule has 0 unspecified atom stereocenters. The fourth-order valence-corrected chi connectivity index (χ4v) is 2.51. The number of hydrogen-bond acceptors (Lipinski definition) is 5. The van der Waals surface area contributed by atoms with Crippen molar-refractivity contribution in [3.05, 3.63) is 36.3 Å². The number of aromatic nitrogens is 4. The Hall–Kier alpha value is -2.63. The SMILES string of the molecule is CC(C)(C)Cc1c(N)nc(N)nc1-n1cc2cccnc2c1. The Balaban J connectivity index is 2.20. The first-order chi connectivity index (χ1) is 10.3. The van der Waals surface area contributed by atoms with Crippen LogP contribution < -0.4 is 11.5 Å². The Labute approximate surface area is 129 Å². The van der Waals surface area contributed by atoms with Crippen LogP contribution in [0.2, 0.25) is 0 Å². The maximum Gasteiger partial charge on any atom is 0.223 e. The highest BCUT2D eigenvalue weighted by atomic mass is 15.1. The molecule has 0 spiro atoms. The molecule has 0 amide bonds. The maximum atomic E-state index is 6.10. The zero-order valence-electron chi connectivity index (χ0n) is 13.0. The molecule has 0 fully saturated rings. The lowest BCUT2D eigenvalue weighted by molar-refractivity contribution is 0.410. The standard InChI is InChI=1S/C16H20N6/c1-16(2,3)7-11-13(17)20-15(18)21-14(11)22-8-10-5-4-6-19-12(10)9-22/h4-6,8-9H,7H2,1-3H3,(H4,17,18,20,21). The molecule has 114 valence electrons. The number of rotatable bonds is 2. The van der Waals surface area contributed by atoms with Gasteiger partial charge in [-0.15, -0.1) is 0 Å². The summed E-state index contributed by atoms with van der Waals surface area (Å²) < 4.78 is 1.92. The van der Waals surface area contributed by atoms with Crippen LogP contribution >= 0.6 is 0 Å². The first kappa shape index (κ1) is 14.3. The van der Waals surface area contributed by atoms with Crippen molar-refractivity contribution in [2.75, 3.05) is 11.5 Å². The molecular weight excluding hydrogens is 276 g/mol. The molecule has 0 aliphatic carbocycles. The fourth-order valence-electron chi connectivity index (χ4n) is 2.51. The highest BCUT2D eigenvalue weighted by Gasteiger charge is 2.20. The fraction of sp³-hybridized carbons (Fsp3) is 0.312. The Morgan fingerprint density at radius 3 is 2.59 bits per heavy atom. The molecule has 3 heterocycles. The van der Waals surface area contributed by atoms with Gasteiger partial charge in [-0.25, -0.2) is 0 Å². The van der Waals surface area contributed by atoms with Gasteiger partial charge in [-0.05, 0) is 24.0 Å². The van der Waals surface area contributed by atoms with E-state index in [1.54, 1.807) is 6.20 Å². The van der Waals surface area contributed by atoms with Crippen molar-refractivity contribution in [2.24, 2.45) is 5.41 Å². The molecule has 0 bridgehead atoms. The van der Waals surface area contributed by atoms with E-state index >= 15 is 0 Å². The number of nitrogens with two attached hydrogens (primary N) is 2. The first-order valence-corrected chi connectivity index (χ1v) is 7.18. The van der Waals surface area contributed by atoms with Crippen LogP contribution in [-0.2, 0) is 6.42 Å². The highest BCUT2D eigenvalue weighted by molar-refractivity contribution is 5.78. The van der Waals surface area contributed by atoms with E-state index in [1.807, 2.05) is 29.1 Å². The van der Waals surface area contributed by atoms with Crippen LogP contribution in [-0.4, -0.2) is 19.5 Å². The summed E-state index contributed by atoms with van der Waals surface area (Å²) in [5.74, 6) is 1.33. The summed E-state index contributed by atoms with van der Waals surface area (Å²) in [7, 11) is 0. The van der Waals surface area contributed by atoms with Crippen LogP contribution in [0.4, 0.5) is 11.8 Å². The molecule has 3 aromatic heterocycles. The highest BCUT2D eigenvalue weighted by Crippen LogP contribution is 2.29. The van der Waals surface area contributed by atoms with Crippen molar-refractivity contribution >= 4 is 22.7 Å². The third kappa shape index (κ3) is 2.72. The van der Waals surface area contributed by atoms with Crippen LogP contribution in [0.3, 0.4) is 0 Å². The summed E-state index contributed by atoms with van der Waals surface area (Å²) in [4.78, 5) is 12.9. The van der Waals surface area contributed by atoms with Crippen molar-refractivity contribution in [1.82, 2.24) is 19.5 Å². The van der Waals surface area contributed by atoms with Gasteiger partial charge in [-0.1, -0.05) is 20.8 Å². The predicted octanol–water partition coefficient (Wildman–Crippen LogP) is 2.57. The molecule has 0 aliphatic rings. The molecule has 0 atom stereocenters. The van der Waals surface area contributed by atoms with Crippen molar-refractivity contribution in [1.29, 1.82) is 0 Å². The average molecular weight is 296 g/mol. The van der Waals surface area contributed by atoms with E-state index in [4.69, 9.17) is 11.5 Å². The van der Waals surface area contributed by atoms with Crippen molar-refractivity contribution < 1.29 is 0 Å². The van der Waals surface area contributed by atoms with Gasteiger partial charge in [0.25, 0.3) is 0 Å². The van der Waals surface area contributed by atoms with Crippen molar-refractivity contribution in [3.63, 3.8) is 0 Å². The molecule has 0 saturated carbocycles. The summed E-state index contributed by atoms with van der Waals surface area (Å²) in [6.07, 6.45) is 6.44. The van der Waals surface area contributed by atoms with Gasteiger partial charge in [0.1, 0.15) is 11.6 Å². The lowest BCUT2D eigenvalue weighted by atomic mass is 9.88. The second-order valence-corrected chi connectivity index (χ2v) is 6.65. The number of hydrogen-bond donors (Lipinski definition) is 2. The number of nitrogen functional groups attached to an aromatic ring is 2. The minimum absolute atomic E-state index is 0.0627. The minimum atomic E-state index is 0.0627. The Kier molecular flexibility index (Phi) is 3.24. The molecule has 6 nitrogen and oxygen atoms in total. The Bertz CT molecular complexity index is 795. The summed E-state index contributed by atoms with van der Waals surface area (Å²) >= 11 is 0. The van der Waals surface area contributed by atoms with E-state index < -0.39 is 0 Å². The second-order valence-electron chi connectivity index (χ2n) is 6.65. The Morgan fingerprint density at radius 1 is 1.14 bits per heavy atom. The van der Waals surface area contributed by atoms with E-state index in [1.165, 1.54) is 0 Å². The molecular formula is C16H20N6. The topological polar surface area (TPSA) is 95.6 Å². The van der Waals surface area contributed by atoms with Gasteiger partial charge in [-0.2, -0.15) is 9.97 Å². The smallest absolute Gasteiger partial charge is 0.223 e. The van der Waals surface area contributed by atoms with Gasteiger partial charge in [0.2, 0.25) is 5.95 Å². The second kappa shape index (κ2) is 4.98. The van der Waals surface area contributed by atoms with Crippen LogP contribution in [0.1, 0.15) is 26.3 Å². The van der Waals surface area contributed by atoms with Gasteiger partial charge < -0.3 is 16.0 Å². The largest absolute Gasteiger partial charge is 0.383 e. The lowest BCUT2D eigenvalue weighted by Crippen LogP contribution is -2.16. The van der Waals surface area contributed by atoms with Gasteiger partial charge in [0.15, 0.2) is 0 Å². The third-order valence-corrected chi connectivity index (χ3v) is 3.40. The number of fused-ring (bicyclic) bond motifs is 1. The summed E-state index contributed by atoms with van der Waals surface area (Å²) in [5.41, 5.74) is 13.8. The molecule has 0 saturated heterocycles. The monoisotopic (exact) mass is 296 g/mol.